The normalized spacial score (nSPS) is 15.0. The Hall–Kier alpha value is -2.79. The minimum atomic E-state index is -3.60. The van der Waals surface area contributed by atoms with E-state index in [9.17, 15) is 13.2 Å². The van der Waals surface area contributed by atoms with Gasteiger partial charge < -0.3 is 19.8 Å². The molecule has 0 saturated carbocycles. The molecule has 2 aromatic carbocycles. The topological polar surface area (TPSA) is 101 Å². The fourth-order valence-corrected chi connectivity index (χ4v) is 5.06. The number of sulfonamides is 1. The van der Waals surface area contributed by atoms with E-state index in [1.165, 1.54) is 10.4 Å². The van der Waals surface area contributed by atoms with E-state index in [2.05, 4.69) is 10.6 Å². The average molecular weight is 460 g/mol. The van der Waals surface area contributed by atoms with Crippen LogP contribution in [0.1, 0.15) is 5.56 Å². The van der Waals surface area contributed by atoms with Crippen LogP contribution in [-0.2, 0) is 14.8 Å². The number of thiocarbonyl (C=S) groups is 1. The highest BCUT2D eigenvalue weighted by Gasteiger charge is 2.26. The lowest BCUT2D eigenvalue weighted by atomic mass is 10.1. The summed E-state index contributed by atoms with van der Waals surface area (Å²) in [6, 6.07) is 13.3. The third-order valence-corrected chi connectivity index (χ3v) is 7.01. The molecule has 8 nitrogen and oxygen atoms in total. The highest BCUT2D eigenvalue weighted by atomic mass is 32.2. The van der Waals surface area contributed by atoms with Crippen molar-refractivity contribution in [1.29, 1.82) is 0 Å². The molecule has 162 valence electrons. The van der Waals surface area contributed by atoms with Gasteiger partial charge in [0.15, 0.2) is 5.11 Å². The highest BCUT2D eigenvalue weighted by Crippen LogP contribution is 2.23. The zero-order valence-electron chi connectivity index (χ0n) is 16.8. The van der Waals surface area contributed by atoms with Crippen LogP contribution in [-0.4, -0.2) is 44.1 Å². The molecule has 2 heterocycles. The zero-order chi connectivity index (χ0) is 22.0. The lowest BCUT2D eigenvalue weighted by Crippen LogP contribution is -2.40. The van der Waals surface area contributed by atoms with Crippen molar-refractivity contribution < 1.29 is 17.6 Å². The minimum absolute atomic E-state index is 0.185. The smallest absolute Gasteiger partial charge is 0.336 e. The van der Waals surface area contributed by atoms with Crippen molar-refractivity contribution in [1.82, 2.24) is 4.31 Å². The summed E-state index contributed by atoms with van der Waals surface area (Å²) in [5.41, 5.74) is 2.04. The summed E-state index contributed by atoms with van der Waals surface area (Å²) in [5.74, 6) is 0. The van der Waals surface area contributed by atoms with Crippen LogP contribution in [0.15, 0.2) is 62.6 Å². The Kier molecular flexibility index (Phi) is 6.05. The number of nitrogens with zero attached hydrogens (tertiary/aromatic N) is 1. The molecule has 1 aliphatic rings. The molecule has 1 saturated heterocycles. The number of ether oxygens (including phenoxy) is 1. The van der Waals surface area contributed by atoms with Gasteiger partial charge in [-0.05, 0) is 55.0 Å². The van der Waals surface area contributed by atoms with E-state index in [1.807, 2.05) is 19.1 Å². The number of rotatable bonds is 4. The van der Waals surface area contributed by atoms with Gasteiger partial charge in [0.2, 0.25) is 10.0 Å². The summed E-state index contributed by atoms with van der Waals surface area (Å²) in [7, 11) is -3.60. The lowest BCUT2D eigenvalue weighted by molar-refractivity contribution is 0.0730. The molecular weight excluding hydrogens is 438 g/mol. The number of hydrogen-bond acceptors (Lipinski definition) is 6. The van der Waals surface area contributed by atoms with Gasteiger partial charge in [-0.2, -0.15) is 4.31 Å². The Labute approximate surface area is 184 Å². The van der Waals surface area contributed by atoms with Crippen LogP contribution in [0, 0.1) is 6.92 Å². The molecule has 4 rings (SSSR count). The van der Waals surface area contributed by atoms with Crippen LogP contribution in [0.4, 0.5) is 11.4 Å². The molecule has 2 N–H and O–H groups in total. The fraction of sp³-hybridized carbons (Fsp3) is 0.238. The van der Waals surface area contributed by atoms with Crippen LogP contribution < -0.4 is 16.3 Å². The molecule has 3 aromatic rings. The van der Waals surface area contributed by atoms with Crippen molar-refractivity contribution in [2.45, 2.75) is 11.8 Å². The van der Waals surface area contributed by atoms with E-state index in [-0.39, 0.29) is 10.0 Å². The molecular formula is C21H21N3O5S2. The summed E-state index contributed by atoms with van der Waals surface area (Å²) in [4.78, 5) is 11.8. The van der Waals surface area contributed by atoms with Gasteiger partial charge in [0.1, 0.15) is 5.58 Å². The van der Waals surface area contributed by atoms with Crippen molar-refractivity contribution in [3.05, 3.63) is 64.5 Å². The summed E-state index contributed by atoms with van der Waals surface area (Å²) in [6.07, 6.45) is 0. The second-order valence-electron chi connectivity index (χ2n) is 7.08. The first kappa shape index (κ1) is 21.4. The molecule has 31 heavy (non-hydrogen) atoms. The minimum Gasteiger partial charge on any atom is -0.423 e. The molecule has 0 radical (unpaired) electrons. The van der Waals surface area contributed by atoms with Gasteiger partial charge in [-0.1, -0.05) is 6.07 Å². The van der Waals surface area contributed by atoms with Gasteiger partial charge >= 0.3 is 5.63 Å². The van der Waals surface area contributed by atoms with E-state index in [0.29, 0.717) is 43.3 Å². The van der Waals surface area contributed by atoms with Crippen LogP contribution >= 0.6 is 12.2 Å². The third kappa shape index (κ3) is 4.77. The summed E-state index contributed by atoms with van der Waals surface area (Å²) >= 11 is 5.36. The molecule has 0 aliphatic carbocycles. The van der Waals surface area contributed by atoms with Gasteiger partial charge in [0.25, 0.3) is 0 Å². The summed E-state index contributed by atoms with van der Waals surface area (Å²) < 4.78 is 37.6. The number of nitrogens with one attached hydrogen (secondary N) is 2. The van der Waals surface area contributed by atoms with Gasteiger partial charge in [-0.3, -0.25) is 0 Å². The maximum absolute atomic E-state index is 12.9. The average Bonchev–Trinajstić information content (AvgIpc) is 2.74. The highest BCUT2D eigenvalue weighted by molar-refractivity contribution is 7.89. The van der Waals surface area contributed by atoms with Crippen LogP contribution in [0.2, 0.25) is 0 Å². The predicted octanol–water partition coefficient (Wildman–Crippen LogP) is 2.93. The quantitative estimate of drug-likeness (QED) is 0.454. The summed E-state index contributed by atoms with van der Waals surface area (Å²) in [6.45, 7) is 3.28. The molecule has 0 amide bonds. The third-order valence-electron chi connectivity index (χ3n) is 4.91. The monoisotopic (exact) mass is 459 g/mol. The van der Waals surface area contributed by atoms with Gasteiger partial charge in [0, 0.05) is 42.0 Å². The molecule has 0 bridgehead atoms. The molecule has 10 heteroatoms. The molecule has 1 aliphatic heterocycles. The zero-order valence-corrected chi connectivity index (χ0v) is 18.4. The maximum atomic E-state index is 12.9. The largest absolute Gasteiger partial charge is 0.423 e. The number of aryl methyl sites for hydroxylation is 1. The van der Waals surface area contributed by atoms with Crippen LogP contribution in [0.25, 0.3) is 11.0 Å². The Morgan fingerprint density at radius 2 is 1.74 bits per heavy atom. The van der Waals surface area contributed by atoms with Crippen LogP contribution in [0.5, 0.6) is 0 Å². The molecule has 1 fully saturated rings. The molecule has 1 aromatic heterocycles. The maximum Gasteiger partial charge on any atom is 0.336 e. The lowest BCUT2D eigenvalue weighted by Gasteiger charge is -2.26. The Morgan fingerprint density at radius 3 is 2.48 bits per heavy atom. The standard InChI is InChI=1S/C21H21N3O5S2/c1-14-11-20(25)29-19-13-16(5-6-18(14)19)23-21(30)22-15-3-2-4-17(12-15)31(26,27)24-7-9-28-10-8-24/h2-6,11-13H,7-10H2,1H3,(H2,22,23,30). The van der Waals surface area contributed by atoms with Gasteiger partial charge in [-0.25, -0.2) is 13.2 Å². The Bertz CT molecular complexity index is 1300. The van der Waals surface area contributed by atoms with E-state index in [4.69, 9.17) is 21.4 Å². The second kappa shape index (κ2) is 8.75. The number of anilines is 2. The Balaban J connectivity index is 1.50. The molecule has 0 atom stereocenters. The predicted molar refractivity (Wildman–Crippen MR) is 123 cm³/mol. The van der Waals surface area contributed by atoms with Gasteiger partial charge in [-0.15, -0.1) is 0 Å². The number of hydrogen-bond donors (Lipinski definition) is 2. The van der Waals surface area contributed by atoms with Crippen molar-refractivity contribution in [3.63, 3.8) is 0 Å². The van der Waals surface area contributed by atoms with E-state index in [0.717, 1.165) is 10.9 Å². The van der Waals surface area contributed by atoms with Crippen molar-refractivity contribution in [2.24, 2.45) is 0 Å². The molecule has 0 spiro atoms. The van der Waals surface area contributed by atoms with E-state index < -0.39 is 15.6 Å². The summed E-state index contributed by atoms with van der Waals surface area (Å²) in [5, 5.41) is 7.13. The second-order valence-corrected chi connectivity index (χ2v) is 9.43. The SMILES string of the molecule is Cc1cc(=O)oc2cc(NC(=S)Nc3cccc(S(=O)(=O)N4CCOCC4)c3)ccc12. The van der Waals surface area contributed by atoms with Gasteiger partial charge in [0.05, 0.1) is 18.1 Å². The van der Waals surface area contributed by atoms with Crippen LogP contribution in [0.3, 0.4) is 0 Å². The first-order valence-electron chi connectivity index (χ1n) is 9.63. The van der Waals surface area contributed by atoms with Crippen molar-refractivity contribution in [2.75, 3.05) is 36.9 Å². The molecule has 0 unspecified atom stereocenters. The Morgan fingerprint density at radius 1 is 1.03 bits per heavy atom. The first-order chi connectivity index (χ1) is 14.8. The number of benzene rings is 2. The fourth-order valence-electron chi connectivity index (χ4n) is 3.37. The first-order valence-corrected chi connectivity index (χ1v) is 11.5. The van der Waals surface area contributed by atoms with Crippen molar-refractivity contribution in [3.8, 4) is 0 Å². The number of morpholine rings is 1. The number of fused-ring (bicyclic) bond motifs is 1. The van der Waals surface area contributed by atoms with E-state index >= 15 is 0 Å². The van der Waals surface area contributed by atoms with E-state index in [1.54, 1.807) is 30.3 Å². The van der Waals surface area contributed by atoms with Crippen molar-refractivity contribution >= 4 is 49.7 Å².